The van der Waals surface area contributed by atoms with Crippen molar-refractivity contribution in [2.24, 2.45) is 10.4 Å². The molecule has 2 aromatic carbocycles. The smallest absolute Gasteiger partial charge is 0.381 e. The molecule has 2 aliphatic heterocycles. The Labute approximate surface area is 156 Å². The van der Waals surface area contributed by atoms with E-state index in [0.717, 1.165) is 36.9 Å². The minimum Gasteiger partial charge on any atom is -0.381 e. The molecule has 2 aromatic rings. The summed E-state index contributed by atoms with van der Waals surface area (Å²) >= 11 is 0. The summed E-state index contributed by atoms with van der Waals surface area (Å²) in [6.07, 6.45) is -1.75. The van der Waals surface area contributed by atoms with Gasteiger partial charge in [-0.15, -0.1) is 0 Å². The molecule has 2 heterocycles. The molecule has 0 aromatic heterocycles. The number of amidine groups is 1. The fourth-order valence-electron chi connectivity index (χ4n) is 3.90. The highest BCUT2D eigenvalue weighted by atomic mass is 19.4. The predicted octanol–water partition coefficient (Wildman–Crippen LogP) is 5.07. The summed E-state index contributed by atoms with van der Waals surface area (Å²) in [6.45, 7) is 1.57. The van der Waals surface area contributed by atoms with Crippen LogP contribution in [0.4, 0.5) is 18.9 Å². The number of anilines is 1. The van der Waals surface area contributed by atoms with Gasteiger partial charge in [0.05, 0.1) is 12.1 Å². The highest BCUT2D eigenvalue weighted by molar-refractivity contribution is 6.02. The number of hydrogen-bond donors (Lipinski definition) is 1. The van der Waals surface area contributed by atoms with Gasteiger partial charge in [-0.2, -0.15) is 13.2 Å². The van der Waals surface area contributed by atoms with Crippen LogP contribution in [-0.4, -0.2) is 19.0 Å². The molecule has 142 valence electrons. The fraction of sp³-hybridized carbons (Fsp3) is 0.381. The molecule has 0 amide bonds. The minimum absolute atomic E-state index is 0.131. The van der Waals surface area contributed by atoms with Crippen molar-refractivity contribution >= 4 is 11.5 Å². The molecule has 1 spiro atoms. The third kappa shape index (κ3) is 3.72. The van der Waals surface area contributed by atoms with Crippen LogP contribution in [0.2, 0.25) is 0 Å². The van der Waals surface area contributed by atoms with Gasteiger partial charge in [0.1, 0.15) is 5.84 Å². The van der Waals surface area contributed by atoms with E-state index in [1.807, 2.05) is 18.2 Å². The molecule has 1 N–H and O–H groups in total. The highest BCUT2D eigenvalue weighted by Gasteiger charge is 2.41. The number of fused-ring (bicyclic) bond motifs is 1. The van der Waals surface area contributed by atoms with Gasteiger partial charge in [-0.05, 0) is 48.6 Å². The summed E-state index contributed by atoms with van der Waals surface area (Å²) < 4.78 is 44.4. The second-order valence-corrected chi connectivity index (χ2v) is 7.21. The average Bonchev–Trinajstić information content (AvgIpc) is 2.66. The Morgan fingerprint density at radius 3 is 2.59 bits per heavy atom. The molecule has 4 rings (SSSR count). The maximum absolute atomic E-state index is 13.0. The van der Waals surface area contributed by atoms with Crippen LogP contribution in [0, 0.1) is 5.41 Å². The van der Waals surface area contributed by atoms with Crippen molar-refractivity contribution in [2.75, 3.05) is 18.5 Å². The Morgan fingerprint density at radius 1 is 1.04 bits per heavy atom. The lowest BCUT2D eigenvalue weighted by Gasteiger charge is -2.42. The molecule has 0 saturated carbocycles. The highest BCUT2D eigenvalue weighted by Crippen LogP contribution is 2.41. The number of benzene rings is 2. The summed E-state index contributed by atoms with van der Waals surface area (Å²) in [5.41, 5.74) is 2.06. The summed E-state index contributed by atoms with van der Waals surface area (Å²) in [6, 6.07) is 13.5. The summed E-state index contributed by atoms with van der Waals surface area (Å²) in [5, 5.41) is 3.44. The van der Waals surface area contributed by atoms with Gasteiger partial charge in [0.25, 0.3) is 0 Å². The first kappa shape index (κ1) is 18.0. The molecule has 0 unspecified atom stereocenters. The number of hydrogen-bond acceptors (Lipinski definition) is 2. The molecule has 0 radical (unpaired) electrons. The van der Waals surface area contributed by atoms with Crippen LogP contribution in [0.3, 0.4) is 0 Å². The van der Waals surface area contributed by atoms with E-state index in [1.54, 1.807) is 6.07 Å². The Hall–Kier alpha value is -2.34. The first-order valence-corrected chi connectivity index (χ1v) is 9.10. The van der Waals surface area contributed by atoms with Gasteiger partial charge >= 0.3 is 6.18 Å². The topological polar surface area (TPSA) is 33.6 Å². The number of alkyl halides is 3. The minimum atomic E-state index is -4.34. The lowest BCUT2D eigenvalue weighted by molar-refractivity contribution is -0.137. The van der Waals surface area contributed by atoms with Gasteiger partial charge in [-0.25, -0.2) is 0 Å². The molecule has 0 atom stereocenters. The average molecular weight is 374 g/mol. The van der Waals surface area contributed by atoms with Crippen molar-refractivity contribution < 1.29 is 17.9 Å². The lowest BCUT2D eigenvalue weighted by Crippen LogP contribution is -2.45. The summed E-state index contributed by atoms with van der Waals surface area (Å²) in [4.78, 5) is 4.74. The quantitative estimate of drug-likeness (QED) is 0.796. The van der Waals surface area contributed by atoms with Gasteiger partial charge in [-0.3, -0.25) is 4.99 Å². The van der Waals surface area contributed by atoms with Gasteiger partial charge in [-0.1, -0.05) is 30.3 Å². The van der Waals surface area contributed by atoms with Crippen molar-refractivity contribution in [3.05, 3.63) is 65.2 Å². The number of nitrogens with zero attached hydrogens (tertiary/aromatic N) is 1. The predicted molar refractivity (Wildman–Crippen MR) is 98.8 cm³/mol. The Bertz CT molecular complexity index is 855. The number of para-hydroxylation sites is 1. The van der Waals surface area contributed by atoms with E-state index in [-0.39, 0.29) is 12.0 Å². The molecule has 0 bridgehead atoms. The van der Waals surface area contributed by atoms with Crippen LogP contribution in [0.15, 0.2) is 53.5 Å². The van der Waals surface area contributed by atoms with E-state index < -0.39 is 11.7 Å². The standard InChI is InChI=1S/C21H21F3N2O/c22-21(23,24)17-6-3-4-15(12-17)14-25-19-20(8-10-27-11-9-20)13-16-5-1-2-7-18(16)26-19/h1-7,12H,8-11,13-14H2,(H,25,26). The van der Waals surface area contributed by atoms with E-state index in [4.69, 9.17) is 9.73 Å². The Morgan fingerprint density at radius 2 is 1.81 bits per heavy atom. The van der Waals surface area contributed by atoms with Crippen LogP contribution in [0.1, 0.15) is 29.5 Å². The van der Waals surface area contributed by atoms with Gasteiger partial charge < -0.3 is 10.1 Å². The van der Waals surface area contributed by atoms with E-state index >= 15 is 0 Å². The van der Waals surface area contributed by atoms with Crippen molar-refractivity contribution in [3.8, 4) is 0 Å². The zero-order valence-corrected chi connectivity index (χ0v) is 14.9. The summed E-state index contributed by atoms with van der Waals surface area (Å²) in [5.74, 6) is 0.863. The molecular formula is C21H21F3N2O. The third-order valence-corrected chi connectivity index (χ3v) is 5.43. The van der Waals surface area contributed by atoms with E-state index in [2.05, 4.69) is 11.4 Å². The number of ether oxygens (including phenoxy) is 1. The van der Waals surface area contributed by atoms with Crippen LogP contribution in [0.25, 0.3) is 0 Å². The fourth-order valence-corrected chi connectivity index (χ4v) is 3.90. The Kier molecular flexibility index (Phi) is 4.68. The van der Waals surface area contributed by atoms with E-state index in [0.29, 0.717) is 18.8 Å². The van der Waals surface area contributed by atoms with Gasteiger partial charge in [0, 0.05) is 24.3 Å². The number of halogens is 3. The monoisotopic (exact) mass is 374 g/mol. The van der Waals surface area contributed by atoms with Crippen molar-refractivity contribution in [2.45, 2.75) is 32.0 Å². The first-order chi connectivity index (χ1) is 13.0. The van der Waals surface area contributed by atoms with Crippen molar-refractivity contribution in [1.29, 1.82) is 0 Å². The number of nitrogens with one attached hydrogen (secondary N) is 1. The van der Waals surface area contributed by atoms with Gasteiger partial charge in [0.15, 0.2) is 0 Å². The second-order valence-electron chi connectivity index (χ2n) is 7.21. The molecule has 27 heavy (non-hydrogen) atoms. The van der Waals surface area contributed by atoms with Gasteiger partial charge in [0.2, 0.25) is 0 Å². The molecule has 3 nitrogen and oxygen atoms in total. The van der Waals surface area contributed by atoms with Crippen LogP contribution >= 0.6 is 0 Å². The zero-order chi connectivity index (χ0) is 18.9. The summed E-state index contributed by atoms with van der Waals surface area (Å²) in [7, 11) is 0. The number of aliphatic imine (C=N–C) groups is 1. The molecule has 0 aliphatic carbocycles. The van der Waals surface area contributed by atoms with Crippen LogP contribution in [0.5, 0.6) is 0 Å². The molecule has 1 saturated heterocycles. The Balaban J connectivity index is 1.64. The van der Waals surface area contributed by atoms with Crippen molar-refractivity contribution in [3.63, 3.8) is 0 Å². The van der Waals surface area contributed by atoms with Crippen molar-refractivity contribution in [1.82, 2.24) is 0 Å². The van der Waals surface area contributed by atoms with E-state index in [1.165, 1.54) is 17.7 Å². The molecule has 2 aliphatic rings. The molecular weight excluding hydrogens is 353 g/mol. The maximum Gasteiger partial charge on any atom is 0.416 e. The number of rotatable bonds is 2. The van der Waals surface area contributed by atoms with Crippen LogP contribution in [-0.2, 0) is 23.9 Å². The lowest BCUT2D eigenvalue weighted by atomic mass is 9.71. The molecule has 1 fully saturated rings. The first-order valence-electron chi connectivity index (χ1n) is 9.10. The van der Waals surface area contributed by atoms with E-state index in [9.17, 15) is 13.2 Å². The third-order valence-electron chi connectivity index (χ3n) is 5.43. The zero-order valence-electron chi connectivity index (χ0n) is 14.9. The maximum atomic E-state index is 13.0. The normalized spacial score (nSPS) is 20.3. The van der Waals surface area contributed by atoms with Crippen LogP contribution < -0.4 is 5.32 Å². The largest absolute Gasteiger partial charge is 0.416 e. The molecule has 6 heteroatoms. The SMILES string of the molecule is FC(F)(F)c1cccc(CN=C2Nc3ccccc3CC23CCOCC3)c1. The second kappa shape index (κ2) is 7.00.